The molecule has 0 spiro atoms. The van der Waals surface area contributed by atoms with E-state index in [0.717, 1.165) is 5.92 Å². The van der Waals surface area contributed by atoms with Crippen LogP contribution in [-0.4, -0.2) is 13.3 Å². The van der Waals surface area contributed by atoms with Crippen LogP contribution >= 0.6 is 0 Å². The average Bonchev–Trinajstić information content (AvgIpc) is 2.09. The number of nitrogens with zero attached hydrogens (tertiary/aromatic N) is 1. The van der Waals surface area contributed by atoms with Crippen molar-refractivity contribution >= 4 is 6.21 Å². The number of hydrogen-bond acceptors (Lipinski definition) is 1. The molecule has 0 fully saturated rings. The van der Waals surface area contributed by atoms with Crippen LogP contribution in [0.1, 0.15) is 37.5 Å². The number of aliphatic imine (C=N–C) groups is 1. The molecule has 0 aliphatic rings. The molecule has 0 bridgehead atoms. The maximum Gasteiger partial charge on any atom is 0.0284 e. The van der Waals surface area contributed by atoms with Crippen LogP contribution in [0.15, 0.2) is 23.2 Å². The predicted octanol–water partition coefficient (Wildman–Crippen LogP) is 4.01. The van der Waals surface area contributed by atoms with E-state index in [2.05, 4.69) is 57.8 Å². The first-order valence-electron chi connectivity index (χ1n) is 5.46. The largest absolute Gasteiger partial charge is 0.296 e. The minimum atomic E-state index is 0.833. The van der Waals surface area contributed by atoms with E-state index < -0.39 is 0 Å². The standard InChI is InChI=1S/C10H13N.C4H10/c1-8-4-5-10(7-11-3)9(2)6-8;1-4(2)3/h4-7H,1-3H3;4H,1-3H3. The molecule has 1 aromatic carbocycles. The first-order chi connectivity index (χ1) is 6.97. The van der Waals surface area contributed by atoms with Gasteiger partial charge in [0.15, 0.2) is 0 Å². The van der Waals surface area contributed by atoms with Crippen LogP contribution in [0.5, 0.6) is 0 Å². The van der Waals surface area contributed by atoms with Crippen LogP contribution in [0.4, 0.5) is 0 Å². The van der Waals surface area contributed by atoms with Crippen LogP contribution in [-0.2, 0) is 0 Å². The molecule has 0 aliphatic heterocycles. The molecule has 0 N–H and O–H groups in total. The molecule has 1 aromatic rings. The van der Waals surface area contributed by atoms with Crippen LogP contribution in [0.2, 0.25) is 0 Å². The van der Waals surface area contributed by atoms with Crippen molar-refractivity contribution in [1.29, 1.82) is 0 Å². The fourth-order valence-corrected chi connectivity index (χ4v) is 1.11. The van der Waals surface area contributed by atoms with Gasteiger partial charge in [0.25, 0.3) is 0 Å². The Hall–Kier alpha value is -1.11. The first-order valence-corrected chi connectivity index (χ1v) is 5.46. The molecule has 0 radical (unpaired) electrons. The highest BCUT2D eigenvalue weighted by atomic mass is 14.6. The Morgan fingerprint density at radius 1 is 1.13 bits per heavy atom. The Labute approximate surface area is 94.3 Å². The van der Waals surface area contributed by atoms with Gasteiger partial charge in [0.2, 0.25) is 0 Å². The summed E-state index contributed by atoms with van der Waals surface area (Å²) in [7, 11) is 1.79. The van der Waals surface area contributed by atoms with E-state index in [-0.39, 0.29) is 0 Å². The highest BCUT2D eigenvalue weighted by molar-refractivity contribution is 5.81. The minimum absolute atomic E-state index is 0.833. The molecule has 0 heterocycles. The molecule has 1 rings (SSSR count). The van der Waals surface area contributed by atoms with E-state index in [4.69, 9.17) is 0 Å². The summed E-state index contributed by atoms with van der Waals surface area (Å²) in [5, 5.41) is 0. The smallest absolute Gasteiger partial charge is 0.0284 e. The van der Waals surface area contributed by atoms with Crippen molar-refractivity contribution in [2.75, 3.05) is 7.05 Å². The van der Waals surface area contributed by atoms with E-state index >= 15 is 0 Å². The molecule has 0 aliphatic carbocycles. The summed E-state index contributed by atoms with van der Waals surface area (Å²) in [4.78, 5) is 3.97. The molecule has 84 valence electrons. The Kier molecular flexibility index (Phi) is 6.68. The number of aryl methyl sites for hydroxylation is 2. The zero-order valence-corrected chi connectivity index (χ0v) is 10.8. The Morgan fingerprint density at radius 2 is 1.67 bits per heavy atom. The third kappa shape index (κ3) is 6.89. The summed E-state index contributed by atoms with van der Waals surface area (Å²) in [5.41, 5.74) is 3.80. The highest BCUT2D eigenvalue weighted by Gasteiger charge is 1.92. The van der Waals surface area contributed by atoms with Crippen molar-refractivity contribution in [1.82, 2.24) is 0 Å². The summed E-state index contributed by atoms with van der Waals surface area (Å²) in [6.07, 6.45) is 1.88. The van der Waals surface area contributed by atoms with Gasteiger partial charge in [0, 0.05) is 13.3 Å². The fourth-order valence-electron chi connectivity index (χ4n) is 1.11. The number of hydrogen-bond donors (Lipinski definition) is 0. The van der Waals surface area contributed by atoms with Crippen LogP contribution < -0.4 is 0 Å². The third-order valence-corrected chi connectivity index (χ3v) is 1.69. The van der Waals surface area contributed by atoms with Gasteiger partial charge in [-0.3, -0.25) is 4.99 Å². The van der Waals surface area contributed by atoms with Gasteiger partial charge in [-0.05, 0) is 30.9 Å². The normalized spacial score (nSPS) is 10.3. The number of rotatable bonds is 1. The minimum Gasteiger partial charge on any atom is -0.296 e. The first kappa shape index (κ1) is 13.9. The lowest BCUT2D eigenvalue weighted by atomic mass is 10.1. The van der Waals surface area contributed by atoms with Crippen molar-refractivity contribution in [2.24, 2.45) is 10.9 Å². The van der Waals surface area contributed by atoms with Gasteiger partial charge < -0.3 is 0 Å². The van der Waals surface area contributed by atoms with Gasteiger partial charge in [-0.2, -0.15) is 0 Å². The summed E-state index contributed by atoms with van der Waals surface area (Å²) < 4.78 is 0. The van der Waals surface area contributed by atoms with Gasteiger partial charge in [0.05, 0.1) is 0 Å². The van der Waals surface area contributed by atoms with Gasteiger partial charge in [0.1, 0.15) is 0 Å². The molecule has 0 aromatic heterocycles. The molecule has 0 unspecified atom stereocenters. The molecular weight excluding hydrogens is 182 g/mol. The third-order valence-electron chi connectivity index (χ3n) is 1.69. The lowest BCUT2D eigenvalue weighted by molar-refractivity contribution is 0.737. The second kappa shape index (κ2) is 7.22. The molecular formula is C14H23N. The zero-order valence-electron chi connectivity index (χ0n) is 10.8. The Morgan fingerprint density at radius 3 is 2.07 bits per heavy atom. The van der Waals surface area contributed by atoms with E-state index in [1.165, 1.54) is 16.7 Å². The van der Waals surface area contributed by atoms with E-state index in [9.17, 15) is 0 Å². The van der Waals surface area contributed by atoms with Gasteiger partial charge in [-0.1, -0.05) is 44.5 Å². The predicted molar refractivity (Wildman–Crippen MR) is 69.9 cm³/mol. The van der Waals surface area contributed by atoms with Crippen molar-refractivity contribution < 1.29 is 0 Å². The quantitative estimate of drug-likeness (QED) is 0.614. The second-order valence-corrected chi connectivity index (χ2v) is 4.48. The maximum absolute atomic E-state index is 3.97. The highest BCUT2D eigenvalue weighted by Crippen LogP contribution is 2.07. The molecule has 0 saturated heterocycles. The van der Waals surface area contributed by atoms with Crippen molar-refractivity contribution in [3.63, 3.8) is 0 Å². The maximum atomic E-state index is 3.97. The average molecular weight is 205 g/mol. The summed E-state index contributed by atoms with van der Waals surface area (Å²) in [6, 6.07) is 6.36. The van der Waals surface area contributed by atoms with E-state index in [1.54, 1.807) is 7.05 Å². The summed E-state index contributed by atoms with van der Waals surface area (Å²) >= 11 is 0. The van der Waals surface area contributed by atoms with Crippen molar-refractivity contribution in [2.45, 2.75) is 34.6 Å². The Bertz CT molecular complexity index is 308. The molecule has 0 amide bonds. The van der Waals surface area contributed by atoms with E-state index in [1.807, 2.05) is 6.21 Å². The SMILES string of the molecule is CC(C)C.CN=Cc1ccc(C)cc1C. The van der Waals surface area contributed by atoms with Crippen LogP contribution in [0.25, 0.3) is 0 Å². The lowest BCUT2D eigenvalue weighted by Crippen LogP contribution is -1.86. The summed E-state index contributed by atoms with van der Waals surface area (Å²) in [6.45, 7) is 10.7. The van der Waals surface area contributed by atoms with Crippen molar-refractivity contribution in [3.05, 3.63) is 34.9 Å². The molecule has 0 atom stereocenters. The monoisotopic (exact) mass is 205 g/mol. The molecule has 1 heteroatoms. The second-order valence-electron chi connectivity index (χ2n) is 4.48. The molecule has 15 heavy (non-hydrogen) atoms. The summed E-state index contributed by atoms with van der Waals surface area (Å²) in [5.74, 6) is 0.833. The Balaban J connectivity index is 0.000000423. The lowest BCUT2D eigenvalue weighted by Gasteiger charge is -1.99. The van der Waals surface area contributed by atoms with Gasteiger partial charge in [-0.15, -0.1) is 0 Å². The van der Waals surface area contributed by atoms with E-state index in [0.29, 0.717) is 0 Å². The molecule has 0 saturated carbocycles. The van der Waals surface area contributed by atoms with Crippen LogP contribution in [0, 0.1) is 19.8 Å². The van der Waals surface area contributed by atoms with Crippen molar-refractivity contribution in [3.8, 4) is 0 Å². The van der Waals surface area contributed by atoms with Crippen LogP contribution in [0.3, 0.4) is 0 Å². The zero-order chi connectivity index (χ0) is 11.8. The molecule has 1 nitrogen and oxygen atoms in total. The van der Waals surface area contributed by atoms with Gasteiger partial charge >= 0.3 is 0 Å². The number of benzene rings is 1. The fraction of sp³-hybridized carbons (Fsp3) is 0.500. The topological polar surface area (TPSA) is 12.4 Å². The van der Waals surface area contributed by atoms with Gasteiger partial charge in [-0.25, -0.2) is 0 Å².